The fraction of sp³-hybridized carbons (Fsp3) is 0. The summed E-state index contributed by atoms with van der Waals surface area (Å²) >= 11 is 0.967. The summed E-state index contributed by atoms with van der Waals surface area (Å²) in [5.74, 6) is 0. The maximum absolute atomic E-state index is 4.65. The lowest BCUT2D eigenvalue weighted by Gasteiger charge is -1.65. The fourth-order valence-corrected chi connectivity index (χ4v) is 0.534. The second-order valence-corrected chi connectivity index (χ2v) is 2.11. The van der Waals surface area contributed by atoms with Crippen LogP contribution in [0, 0.1) is 0 Å². The molecular weight excluding hydrogens is 93.0 g/mol. The van der Waals surface area contributed by atoms with Crippen molar-refractivity contribution in [2.24, 2.45) is 0 Å². The SMILES string of the molecule is [AlH2][c]1ccno1. The molecule has 0 unspecified atom stereocenters. The number of nitrogens with zero attached hydrogens (tertiary/aromatic N) is 1. The third kappa shape index (κ3) is 0.619. The van der Waals surface area contributed by atoms with Gasteiger partial charge in [-0.3, -0.25) is 0 Å². The molecule has 2 nitrogen and oxygen atoms in total. The van der Waals surface area contributed by atoms with Crippen LogP contribution in [0.5, 0.6) is 0 Å². The van der Waals surface area contributed by atoms with Crippen LogP contribution < -0.4 is 4.62 Å². The molecule has 0 saturated carbocycles. The molecular formula is C3H4AlNO. The molecule has 0 atom stereocenters. The zero-order chi connectivity index (χ0) is 4.41. The Morgan fingerprint density at radius 1 is 1.83 bits per heavy atom. The summed E-state index contributed by atoms with van der Waals surface area (Å²) in [7, 11) is 0. The monoisotopic (exact) mass is 97.0 g/mol. The lowest BCUT2D eigenvalue weighted by Crippen LogP contribution is -1.92. The third-order valence-electron chi connectivity index (χ3n) is 0.567. The predicted octanol–water partition coefficient (Wildman–Crippen LogP) is -1.07. The second-order valence-electron chi connectivity index (χ2n) is 1.12. The van der Waals surface area contributed by atoms with Crippen LogP contribution in [-0.4, -0.2) is 21.4 Å². The van der Waals surface area contributed by atoms with Crippen LogP contribution in [0.1, 0.15) is 0 Å². The third-order valence-corrected chi connectivity index (χ3v) is 1.08. The first kappa shape index (κ1) is 3.92. The minimum atomic E-state index is 0.967. The maximum atomic E-state index is 4.65. The van der Waals surface area contributed by atoms with E-state index >= 15 is 0 Å². The minimum absolute atomic E-state index is 0.967. The molecule has 0 amide bonds. The molecule has 30 valence electrons. The van der Waals surface area contributed by atoms with Crippen molar-refractivity contribution in [2.45, 2.75) is 0 Å². The van der Waals surface area contributed by atoms with Crippen LogP contribution in [0.3, 0.4) is 0 Å². The lowest BCUT2D eigenvalue weighted by molar-refractivity contribution is 0.446. The van der Waals surface area contributed by atoms with E-state index in [1.807, 2.05) is 6.07 Å². The standard InChI is InChI=1S/C3H2NO.Al.2H/c1-2-4-5-3-1;;;/h1-2H;;;. The Hall–Kier alpha value is -0.258. The first-order valence-corrected chi connectivity index (χ1v) is 2.77. The molecule has 1 aromatic heterocycles. The van der Waals surface area contributed by atoms with Gasteiger partial charge in [-0.1, -0.05) is 5.16 Å². The highest BCUT2D eigenvalue weighted by molar-refractivity contribution is 6.29. The van der Waals surface area contributed by atoms with Crippen molar-refractivity contribution in [3.05, 3.63) is 12.3 Å². The molecule has 0 fully saturated rings. The van der Waals surface area contributed by atoms with Gasteiger partial charge in [0.15, 0.2) is 0 Å². The Morgan fingerprint density at radius 3 is 2.83 bits per heavy atom. The summed E-state index contributed by atoms with van der Waals surface area (Å²) in [5.41, 5.74) is 0. The van der Waals surface area contributed by atoms with E-state index in [1.54, 1.807) is 6.20 Å². The Balaban J connectivity index is 3.05. The van der Waals surface area contributed by atoms with Crippen LogP contribution in [0.4, 0.5) is 0 Å². The average Bonchev–Trinajstić information content (AvgIpc) is 1.86. The zero-order valence-electron chi connectivity index (χ0n) is 3.51. The first-order chi connectivity index (χ1) is 2.89. The van der Waals surface area contributed by atoms with E-state index in [0.29, 0.717) is 0 Å². The number of rotatable bonds is 0. The molecule has 3 heteroatoms. The Kier molecular flexibility index (Phi) is 0.954. The van der Waals surface area contributed by atoms with Gasteiger partial charge in [-0.15, -0.1) is 0 Å². The highest BCUT2D eigenvalue weighted by atomic mass is 27.0. The van der Waals surface area contributed by atoms with E-state index in [-0.39, 0.29) is 0 Å². The van der Waals surface area contributed by atoms with E-state index in [9.17, 15) is 0 Å². The van der Waals surface area contributed by atoms with Gasteiger partial charge in [-0.25, -0.2) is 0 Å². The Labute approximate surface area is 43.6 Å². The summed E-state index contributed by atoms with van der Waals surface area (Å²) in [4.78, 5) is 0. The van der Waals surface area contributed by atoms with Crippen LogP contribution >= 0.6 is 0 Å². The summed E-state index contributed by atoms with van der Waals surface area (Å²) in [6, 6.07) is 1.87. The summed E-state index contributed by atoms with van der Waals surface area (Å²) in [5, 5.41) is 3.48. The molecule has 0 aliphatic heterocycles. The van der Waals surface area contributed by atoms with E-state index in [1.165, 1.54) is 0 Å². The van der Waals surface area contributed by atoms with Crippen LogP contribution in [0.2, 0.25) is 0 Å². The van der Waals surface area contributed by atoms with Gasteiger partial charge in [0.1, 0.15) is 0 Å². The quantitative estimate of drug-likeness (QED) is 0.385. The van der Waals surface area contributed by atoms with Gasteiger partial charge in [0.2, 0.25) is 0 Å². The second kappa shape index (κ2) is 1.46. The lowest BCUT2D eigenvalue weighted by atomic mass is 10.8. The Morgan fingerprint density at radius 2 is 2.67 bits per heavy atom. The van der Waals surface area contributed by atoms with E-state index in [0.717, 1.165) is 20.9 Å². The largest absolute Gasteiger partial charge is 0.382 e. The van der Waals surface area contributed by atoms with Crippen molar-refractivity contribution >= 4 is 20.9 Å². The Bertz CT molecular complexity index is 114. The van der Waals surface area contributed by atoms with Gasteiger partial charge in [0, 0.05) is 4.62 Å². The molecule has 1 aromatic rings. The number of hydrogen-bond acceptors (Lipinski definition) is 2. The van der Waals surface area contributed by atoms with Gasteiger partial charge in [-0.05, 0) is 6.07 Å². The average molecular weight is 97.1 g/mol. The van der Waals surface area contributed by atoms with Gasteiger partial charge < -0.3 is 4.52 Å². The van der Waals surface area contributed by atoms with Crippen molar-refractivity contribution in [3.8, 4) is 0 Å². The normalized spacial score (nSPS) is 8.67. The van der Waals surface area contributed by atoms with Crippen LogP contribution in [-0.2, 0) is 0 Å². The van der Waals surface area contributed by atoms with Crippen LogP contribution in [0.25, 0.3) is 0 Å². The van der Waals surface area contributed by atoms with Gasteiger partial charge in [0.05, 0.1) is 6.20 Å². The smallest absolute Gasteiger partial charge is 0.323 e. The van der Waals surface area contributed by atoms with E-state index in [2.05, 4.69) is 9.68 Å². The van der Waals surface area contributed by atoms with Crippen molar-refractivity contribution in [1.29, 1.82) is 0 Å². The topological polar surface area (TPSA) is 26.0 Å². The van der Waals surface area contributed by atoms with Gasteiger partial charge >= 0.3 is 16.3 Å². The van der Waals surface area contributed by atoms with E-state index < -0.39 is 0 Å². The van der Waals surface area contributed by atoms with Crippen molar-refractivity contribution in [2.75, 3.05) is 0 Å². The molecule has 1 rings (SSSR count). The molecule has 1 heterocycles. The molecule has 0 saturated heterocycles. The first-order valence-electron chi connectivity index (χ1n) is 1.77. The molecule has 0 aromatic carbocycles. The molecule has 0 N–H and O–H groups in total. The molecule has 0 aliphatic rings. The number of aromatic nitrogens is 1. The molecule has 0 spiro atoms. The van der Waals surface area contributed by atoms with Crippen molar-refractivity contribution in [1.82, 2.24) is 5.16 Å². The van der Waals surface area contributed by atoms with Crippen LogP contribution in [0.15, 0.2) is 16.8 Å². The highest BCUT2D eigenvalue weighted by Gasteiger charge is 1.78. The minimum Gasteiger partial charge on any atom is -0.382 e. The fourth-order valence-electron chi connectivity index (χ4n) is 0.279. The zero-order valence-corrected chi connectivity index (χ0v) is 5.51. The van der Waals surface area contributed by atoms with Gasteiger partial charge in [0.25, 0.3) is 0 Å². The summed E-state index contributed by atoms with van der Waals surface area (Å²) in [6.45, 7) is 0. The van der Waals surface area contributed by atoms with Crippen molar-refractivity contribution < 1.29 is 4.52 Å². The van der Waals surface area contributed by atoms with Gasteiger partial charge in [-0.2, -0.15) is 0 Å². The predicted molar refractivity (Wildman–Crippen MR) is 24.7 cm³/mol. The molecule has 0 radical (unpaired) electrons. The highest BCUT2D eigenvalue weighted by Crippen LogP contribution is 1.67. The number of hydrogen-bond donors (Lipinski definition) is 0. The van der Waals surface area contributed by atoms with E-state index in [4.69, 9.17) is 0 Å². The summed E-state index contributed by atoms with van der Waals surface area (Å²) < 4.78 is 5.64. The summed E-state index contributed by atoms with van der Waals surface area (Å²) in [6.07, 6.45) is 1.66. The molecule has 0 bridgehead atoms. The maximum Gasteiger partial charge on any atom is 0.323 e. The van der Waals surface area contributed by atoms with Crippen molar-refractivity contribution in [3.63, 3.8) is 0 Å². The molecule has 6 heavy (non-hydrogen) atoms. The molecule has 0 aliphatic carbocycles.